The Morgan fingerprint density at radius 1 is 1.44 bits per heavy atom. The van der Waals surface area contributed by atoms with Crippen LogP contribution in [0.3, 0.4) is 0 Å². The predicted octanol–water partition coefficient (Wildman–Crippen LogP) is 0.222. The van der Waals surface area contributed by atoms with E-state index in [4.69, 9.17) is 10.8 Å². The van der Waals surface area contributed by atoms with Gasteiger partial charge in [0.05, 0.1) is 12.1 Å². The van der Waals surface area contributed by atoms with E-state index >= 15 is 0 Å². The zero-order chi connectivity index (χ0) is 11.6. The van der Waals surface area contributed by atoms with Gasteiger partial charge in [0.15, 0.2) is 0 Å². The van der Waals surface area contributed by atoms with Gasteiger partial charge >= 0.3 is 0 Å². The number of hydrogen-bond donors (Lipinski definition) is 2. The molecule has 1 aliphatic heterocycles. The zero-order valence-corrected chi connectivity index (χ0v) is 9.10. The minimum atomic E-state index is -0.621. The summed E-state index contributed by atoms with van der Waals surface area (Å²) in [5, 5.41) is 9.13. The molecule has 0 aliphatic carbocycles. The van der Waals surface area contributed by atoms with Gasteiger partial charge in [-0.25, -0.2) is 0 Å². The average Bonchev–Trinajstić information content (AvgIpc) is 2.73. The minimum Gasteiger partial charge on any atom is -0.394 e. The van der Waals surface area contributed by atoms with E-state index in [1.165, 1.54) is 0 Å². The highest BCUT2D eigenvalue weighted by Gasteiger charge is 2.36. The van der Waals surface area contributed by atoms with E-state index in [2.05, 4.69) is 0 Å². The van der Waals surface area contributed by atoms with Gasteiger partial charge in [0, 0.05) is 18.7 Å². The van der Waals surface area contributed by atoms with Crippen LogP contribution < -0.4 is 5.73 Å². The van der Waals surface area contributed by atoms with Crippen LogP contribution >= 0.6 is 0 Å². The standard InChI is InChI=1S/C12H16N2O2/c13-12(9-15)6-7-14(8-12)11(16)10-4-2-1-3-5-10/h1-5,15H,6-9,13H2/t12-/m1/s1. The van der Waals surface area contributed by atoms with Crippen LogP contribution in [0.4, 0.5) is 0 Å². The van der Waals surface area contributed by atoms with Gasteiger partial charge in [-0.15, -0.1) is 0 Å². The van der Waals surface area contributed by atoms with Gasteiger partial charge in [-0.3, -0.25) is 4.79 Å². The second-order valence-electron chi connectivity index (χ2n) is 4.36. The fourth-order valence-corrected chi connectivity index (χ4v) is 1.96. The molecule has 1 aliphatic rings. The lowest BCUT2D eigenvalue weighted by Crippen LogP contribution is -2.46. The number of rotatable bonds is 2. The summed E-state index contributed by atoms with van der Waals surface area (Å²) in [6, 6.07) is 9.13. The van der Waals surface area contributed by atoms with Crippen molar-refractivity contribution < 1.29 is 9.90 Å². The van der Waals surface area contributed by atoms with Crippen LogP contribution in [0, 0.1) is 0 Å². The first kappa shape index (κ1) is 11.1. The second-order valence-corrected chi connectivity index (χ2v) is 4.36. The van der Waals surface area contributed by atoms with Crippen molar-refractivity contribution in [2.24, 2.45) is 5.73 Å². The third kappa shape index (κ3) is 2.08. The van der Waals surface area contributed by atoms with Crippen LogP contribution in [0.5, 0.6) is 0 Å². The monoisotopic (exact) mass is 220 g/mol. The van der Waals surface area contributed by atoms with Crippen LogP contribution in [0.2, 0.25) is 0 Å². The lowest BCUT2D eigenvalue weighted by molar-refractivity contribution is 0.0775. The quantitative estimate of drug-likeness (QED) is 0.749. The van der Waals surface area contributed by atoms with Gasteiger partial charge in [-0.05, 0) is 18.6 Å². The molecule has 2 rings (SSSR count). The molecule has 86 valence electrons. The minimum absolute atomic E-state index is 0.0126. The number of hydrogen-bond acceptors (Lipinski definition) is 3. The molecule has 1 aromatic rings. The van der Waals surface area contributed by atoms with Crippen LogP contribution in [0.25, 0.3) is 0 Å². The molecule has 1 aromatic carbocycles. The van der Waals surface area contributed by atoms with E-state index in [1.807, 2.05) is 18.2 Å². The molecular weight excluding hydrogens is 204 g/mol. The fraction of sp³-hybridized carbons (Fsp3) is 0.417. The van der Waals surface area contributed by atoms with Gasteiger partial charge in [0.25, 0.3) is 5.91 Å². The summed E-state index contributed by atoms with van der Waals surface area (Å²) in [5.74, 6) is -0.0126. The molecule has 1 amide bonds. The predicted molar refractivity (Wildman–Crippen MR) is 61.0 cm³/mol. The summed E-state index contributed by atoms with van der Waals surface area (Å²) in [7, 11) is 0. The van der Waals surface area contributed by atoms with E-state index in [9.17, 15) is 4.79 Å². The van der Waals surface area contributed by atoms with Crippen molar-refractivity contribution in [3.8, 4) is 0 Å². The SMILES string of the molecule is N[C@]1(CO)CCN(C(=O)c2ccccc2)C1. The van der Waals surface area contributed by atoms with Crippen molar-refractivity contribution >= 4 is 5.91 Å². The summed E-state index contributed by atoms with van der Waals surface area (Å²) in [5.41, 5.74) is 5.97. The number of carbonyl (C=O) groups excluding carboxylic acids is 1. The van der Waals surface area contributed by atoms with Crippen molar-refractivity contribution in [1.82, 2.24) is 4.90 Å². The second kappa shape index (κ2) is 4.23. The molecule has 0 spiro atoms. The number of likely N-dealkylation sites (tertiary alicyclic amines) is 1. The largest absolute Gasteiger partial charge is 0.394 e. The van der Waals surface area contributed by atoms with Crippen molar-refractivity contribution in [2.45, 2.75) is 12.0 Å². The van der Waals surface area contributed by atoms with E-state index < -0.39 is 5.54 Å². The van der Waals surface area contributed by atoms with Crippen molar-refractivity contribution in [3.05, 3.63) is 35.9 Å². The molecule has 0 aromatic heterocycles. The highest BCUT2D eigenvalue weighted by molar-refractivity contribution is 5.94. The smallest absolute Gasteiger partial charge is 0.253 e. The molecule has 1 fully saturated rings. The zero-order valence-electron chi connectivity index (χ0n) is 9.10. The maximum atomic E-state index is 12.0. The van der Waals surface area contributed by atoms with Crippen LogP contribution in [0.15, 0.2) is 30.3 Å². The van der Waals surface area contributed by atoms with Crippen LogP contribution in [-0.4, -0.2) is 41.1 Å². The topological polar surface area (TPSA) is 66.6 Å². The summed E-state index contributed by atoms with van der Waals surface area (Å²) in [6.45, 7) is 0.966. The number of aliphatic hydroxyl groups is 1. The Morgan fingerprint density at radius 2 is 2.12 bits per heavy atom. The Labute approximate surface area is 94.7 Å². The molecule has 3 N–H and O–H groups in total. The van der Waals surface area contributed by atoms with Crippen molar-refractivity contribution in [2.75, 3.05) is 19.7 Å². The maximum Gasteiger partial charge on any atom is 0.253 e. The van der Waals surface area contributed by atoms with Crippen molar-refractivity contribution in [3.63, 3.8) is 0 Å². The Hall–Kier alpha value is -1.39. The molecule has 4 heteroatoms. The number of benzene rings is 1. The number of carbonyl (C=O) groups is 1. The molecule has 0 bridgehead atoms. The van der Waals surface area contributed by atoms with E-state index in [-0.39, 0.29) is 12.5 Å². The summed E-state index contributed by atoms with van der Waals surface area (Å²) in [6.07, 6.45) is 0.655. The molecule has 1 heterocycles. The summed E-state index contributed by atoms with van der Waals surface area (Å²) in [4.78, 5) is 13.7. The van der Waals surface area contributed by atoms with Gasteiger partial charge in [0.2, 0.25) is 0 Å². The number of nitrogens with two attached hydrogens (primary N) is 1. The molecule has 1 saturated heterocycles. The first-order valence-corrected chi connectivity index (χ1v) is 5.39. The van der Waals surface area contributed by atoms with Crippen LogP contribution in [0.1, 0.15) is 16.8 Å². The maximum absolute atomic E-state index is 12.0. The Kier molecular flexibility index (Phi) is 2.94. The molecule has 16 heavy (non-hydrogen) atoms. The Balaban J connectivity index is 2.08. The first-order valence-electron chi connectivity index (χ1n) is 5.39. The number of aliphatic hydroxyl groups excluding tert-OH is 1. The normalized spacial score (nSPS) is 24.8. The average molecular weight is 220 g/mol. The Bertz CT molecular complexity index is 380. The molecular formula is C12H16N2O2. The van der Waals surface area contributed by atoms with Gasteiger partial charge < -0.3 is 15.7 Å². The number of nitrogens with zero attached hydrogens (tertiary/aromatic N) is 1. The summed E-state index contributed by atoms with van der Waals surface area (Å²) < 4.78 is 0. The lowest BCUT2D eigenvalue weighted by atomic mass is 10.0. The van der Waals surface area contributed by atoms with Crippen molar-refractivity contribution in [1.29, 1.82) is 0 Å². The molecule has 0 unspecified atom stereocenters. The van der Waals surface area contributed by atoms with Gasteiger partial charge in [-0.1, -0.05) is 18.2 Å². The third-order valence-corrected chi connectivity index (χ3v) is 3.01. The molecule has 0 radical (unpaired) electrons. The Morgan fingerprint density at radius 3 is 2.69 bits per heavy atom. The fourth-order valence-electron chi connectivity index (χ4n) is 1.96. The molecule has 4 nitrogen and oxygen atoms in total. The van der Waals surface area contributed by atoms with Crippen LogP contribution in [-0.2, 0) is 0 Å². The van der Waals surface area contributed by atoms with E-state index in [0.717, 1.165) is 0 Å². The van der Waals surface area contributed by atoms with Gasteiger partial charge in [0.1, 0.15) is 0 Å². The molecule has 0 saturated carbocycles. The third-order valence-electron chi connectivity index (χ3n) is 3.01. The van der Waals surface area contributed by atoms with Gasteiger partial charge in [-0.2, -0.15) is 0 Å². The van der Waals surface area contributed by atoms with E-state index in [0.29, 0.717) is 25.1 Å². The highest BCUT2D eigenvalue weighted by atomic mass is 16.3. The number of amides is 1. The molecule has 1 atom stereocenters. The van der Waals surface area contributed by atoms with E-state index in [1.54, 1.807) is 17.0 Å². The summed E-state index contributed by atoms with van der Waals surface area (Å²) >= 11 is 0. The lowest BCUT2D eigenvalue weighted by Gasteiger charge is -2.22. The first-order chi connectivity index (χ1) is 7.64. The highest BCUT2D eigenvalue weighted by Crippen LogP contribution is 2.20.